The van der Waals surface area contributed by atoms with Crippen LogP contribution in [0.2, 0.25) is 0 Å². The van der Waals surface area contributed by atoms with Gasteiger partial charge in [-0.15, -0.1) is 0 Å². The molecule has 2 aromatic carbocycles. The Kier molecular flexibility index (Phi) is 3.32. The number of halogens is 2. The second kappa shape index (κ2) is 4.65. The summed E-state index contributed by atoms with van der Waals surface area (Å²) >= 11 is 11.0. The molecule has 17 heavy (non-hydrogen) atoms. The molecule has 0 saturated heterocycles. The van der Waals surface area contributed by atoms with Gasteiger partial charge in [0.25, 0.3) is 0 Å². The van der Waals surface area contributed by atoms with E-state index in [0.717, 1.165) is 4.47 Å². The molecule has 0 spiro atoms. The molecule has 0 aliphatic carbocycles. The fourth-order valence-electron chi connectivity index (χ4n) is 1.72. The number of fused-ring (bicyclic) bond motifs is 2. The molecule has 0 saturated carbocycles. The number of rotatable bonds is 0. The van der Waals surface area contributed by atoms with Crippen molar-refractivity contribution in [3.05, 3.63) is 44.8 Å². The maximum Gasteiger partial charge on any atom is 0.0471 e. The van der Waals surface area contributed by atoms with Gasteiger partial charge in [-0.25, -0.2) is 0 Å². The van der Waals surface area contributed by atoms with Crippen LogP contribution in [0.15, 0.2) is 58.9 Å². The highest BCUT2D eigenvalue weighted by atomic mass is 79.9. The number of hydrogen-bond donors (Lipinski definition) is 0. The van der Waals surface area contributed by atoms with Crippen molar-refractivity contribution in [2.75, 3.05) is 0 Å². The lowest BCUT2D eigenvalue weighted by molar-refractivity contribution is 1.11. The lowest BCUT2D eigenvalue weighted by atomic mass is 10.2. The van der Waals surface area contributed by atoms with Crippen molar-refractivity contribution >= 4 is 55.4 Å². The second-order valence-electron chi connectivity index (χ2n) is 3.80. The van der Waals surface area contributed by atoms with Crippen LogP contribution in [-0.2, 0) is 0 Å². The summed E-state index contributed by atoms with van der Waals surface area (Å²) in [6.45, 7) is 2.13. The Hall–Kier alpha value is 0.1000. The zero-order chi connectivity index (χ0) is 12.0. The Morgan fingerprint density at radius 1 is 0.882 bits per heavy atom. The fourth-order valence-corrected chi connectivity index (χ4v) is 5.44. The summed E-state index contributed by atoms with van der Waals surface area (Å²) in [4.78, 5) is 5.33. The van der Waals surface area contributed by atoms with Gasteiger partial charge < -0.3 is 0 Å². The number of benzene rings is 2. The van der Waals surface area contributed by atoms with Gasteiger partial charge in [0.05, 0.1) is 0 Å². The first-order chi connectivity index (χ1) is 8.16. The van der Waals surface area contributed by atoms with E-state index >= 15 is 0 Å². The van der Waals surface area contributed by atoms with E-state index in [1.54, 1.807) is 0 Å². The van der Waals surface area contributed by atoms with E-state index in [0.29, 0.717) is 0 Å². The monoisotopic (exact) mass is 386 g/mol. The molecule has 2 aromatic rings. The number of aryl methyl sites for hydroxylation is 1. The third kappa shape index (κ3) is 2.09. The molecule has 0 aromatic heterocycles. The molecule has 1 heterocycles. The highest BCUT2D eigenvalue weighted by molar-refractivity contribution is 9.13. The maximum absolute atomic E-state index is 3.69. The molecule has 3 rings (SSSR count). The van der Waals surface area contributed by atoms with Crippen LogP contribution < -0.4 is 0 Å². The minimum Gasteiger partial charge on any atom is -0.0877 e. The first-order valence-electron chi connectivity index (χ1n) is 5.10. The van der Waals surface area contributed by atoms with E-state index in [2.05, 4.69) is 69.1 Å². The van der Waals surface area contributed by atoms with Gasteiger partial charge in [0.15, 0.2) is 0 Å². The maximum atomic E-state index is 3.69. The summed E-state index contributed by atoms with van der Waals surface area (Å²) in [6, 6.07) is 10.8. The smallest absolute Gasteiger partial charge is 0.0471 e. The minimum absolute atomic E-state index is 1.16. The lowest BCUT2D eigenvalue weighted by Crippen LogP contribution is -1.92. The third-order valence-corrected chi connectivity index (χ3v) is 7.78. The predicted octanol–water partition coefficient (Wildman–Crippen LogP) is 6.14. The molecule has 4 heteroatoms. The van der Waals surface area contributed by atoms with Gasteiger partial charge in [-0.3, -0.25) is 0 Å². The summed E-state index contributed by atoms with van der Waals surface area (Å²) in [5.41, 5.74) is 1.27. The Morgan fingerprint density at radius 2 is 1.53 bits per heavy atom. The second-order valence-corrected chi connectivity index (χ2v) is 7.52. The van der Waals surface area contributed by atoms with Crippen LogP contribution in [0.5, 0.6) is 0 Å². The molecule has 1 aliphatic heterocycles. The van der Waals surface area contributed by atoms with Gasteiger partial charge in [0.2, 0.25) is 0 Å². The molecule has 86 valence electrons. The van der Waals surface area contributed by atoms with Gasteiger partial charge in [0.1, 0.15) is 0 Å². The van der Waals surface area contributed by atoms with E-state index < -0.39 is 0 Å². The van der Waals surface area contributed by atoms with Crippen LogP contribution in [0.25, 0.3) is 0 Å². The van der Waals surface area contributed by atoms with Gasteiger partial charge in [-0.1, -0.05) is 35.7 Å². The van der Waals surface area contributed by atoms with Crippen LogP contribution in [0.1, 0.15) is 5.56 Å². The average Bonchev–Trinajstić information content (AvgIpc) is 2.34. The lowest BCUT2D eigenvalue weighted by Gasteiger charge is -2.20. The van der Waals surface area contributed by atoms with Crippen LogP contribution in [0.3, 0.4) is 0 Å². The van der Waals surface area contributed by atoms with Gasteiger partial charge in [-0.05, 0) is 62.5 Å². The third-order valence-electron chi connectivity index (χ3n) is 2.59. The Labute approximate surface area is 126 Å². The molecular weight excluding hydrogens is 380 g/mol. The molecule has 0 radical (unpaired) electrons. The minimum atomic E-state index is 1.16. The molecule has 1 aliphatic rings. The molecule has 0 amide bonds. The molecular formula is C13H8Br2S2. The Morgan fingerprint density at radius 3 is 2.24 bits per heavy atom. The van der Waals surface area contributed by atoms with Crippen LogP contribution in [0, 0.1) is 6.92 Å². The average molecular weight is 388 g/mol. The molecule has 0 nitrogen and oxygen atoms in total. The molecule has 0 bridgehead atoms. The highest BCUT2D eigenvalue weighted by Crippen LogP contribution is 2.52. The number of hydrogen-bond acceptors (Lipinski definition) is 2. The first-order valence-corrected chi connectivity index (χ1v) is 8.32. The van der Waals surface area contributed by atoms with E-state index in [9.17, 15) is 0 Å². The van der Waals surface area contributed by atoms with Crippen molar-refractivity contribution < 1.29 is 0 Å². The molecule has 0 N–H and O–H groups in total. The van der Waals surface area contributed by atoms with Crippen molar-refractivity contribution in [1.29, 1.82) is 0 Å². The Balaban J connectivity index is 2.18. The van der Waals surface area contributed by atoms with Crippen molar-refractivity contribution in [2.24, 2.45) is 0 Å². The molecule has 0 atom stereocenters. The van der Waals surface area contributed by atoms with Crippen molar-refractivity contribution in [3.63, 3.8) is 0 Å². The highest BCUT2D eigenvalue weighted by Gasteiger charge is 2.21. The molecule has 0 unspecified atom stereocenters. The topological polar surface area (TPSA) is 0 Å². The SMILES string of the molecule is Cc1cc2c(c(Br)c1Br)Sc1ccccc1S2. The fraction of sp³-hybridized carbons (Fsp3) is 0.0769. The summed E-state index contributed by atoms with van der Waals surface area (Å²) in [6.07, 6.45) is 0. The van der Waals surface area contributed by atoms with E-state index in [1.165, 1.54) is 29.6 Å². The normalized spacial score (nSPS) is 13.1. The van der Waals surface area contributed by atoms with Gasteiger partial charge in [-0.2, -0.15) is 0 Å². The summed E-state index contributed by atoms with van der Waals surface area (Å²) in [5, 5.41) is 0. The summed E-state index contributed by atoms with van der Waals surface area (Å²) in [7, 11) is 0. The first kappa shape index (κ1) is 12.2. The molecule has 0 fully saturated rings. The van der Waals surface area contributed by atoms with Gasteiger partial charge >= 0.3 is 0 Å². The van der Waals surface area contributed by atoms with Crippen LogP contribution in [-0.4, -0.2) is 0 Å². The van der Waals surface area contributed by atoms with Gasteiger partial charge in [0, 0.05) is 28.5 Å². The summed E-state index contributed by atoms with van der Waals surface area (Å²) in [5.74, 6) is 0. The summed E-state index contributed by atoms with van der Waals surface area (Å²) < 4.78 is 2.32. The van der Waals surface area contributed by atoms with Crippen molar-refractivity contribution in [1.82, 2.24) is 0 Å². The largest absolute Gasteiger partial charge is 0.0877 e. The zero-order valence-corrected chi connectivity index (χ0v) is 13.8. The van der Waals surface area contributed by atoms with Crippen molar-refractivity contribution in [3.8, 4) is 0 Å². The van der Waals surface area contributed by atoms with E-state index in [4.69, 9.17) is 0 Å². The van der Waals surface area contributed by atoms with E-state index in [1.807, 2.05) is 23.5 Å². The predicted molar refractivity (Wildman–Crippen MR) is 81.3 cm³/mol. The van der Waals surface area contributed by atoms with Crippen molar-refractivity contribution in [2.45, 2.75) is 26.5 Å². The van der Waals surface area contributed by atoms with Crippen LogP contribution in [0.4, 0.5) is 0 Å². The van der Waals surface area contributed by atoms with E-state index in [-0.39, 0.29) is 0 Å². The zero-order valence-electron chi connectivity index (χ0n) is 8.96. The standard InChI is InChI=1S/C13H8Br2S2/c1-7-6-10-13(12(15)11(7)14)17-9-5-3-2-4-8(9)16-10/h2-6H,1H3. The quantitative estimate of drug-likeness (QED) is 0.454. The Bertz CT molecular complexity index is 609. The van der Waals surface area contributed by atoms with Crippen LogP contribution >= 0.6 is 55.4 Å².